The van der Waals surface area contributed by atoms with E-state index in [0.717, 1.165) is 52.2 Å². The first-order valence-corrected chi connectivity index (χ1v) is 8.11. The summed E-state index contributed by atoms with van der Waals surface area (Å²) in [5.74, 6) is -0.348. The zero-order valence-corrected chi connectivity index (χ0v) is 12.6. The Bertz CT molecular complexity index is 318. The summed E-state index contributed by atoms with van der Waals surface area (Å²) in [7, 11) is 0. The fraction of sp³-hybridized carbons (Fsp3) is 1.00. The SMILES string of the molecule is CCOC1CCCN(C2CC3(CCC2N)OCCO3)C1. The molecule has 3 unspecified atom stereocenters. The smallest absolute Gasteiger partial charge is 0.170 e. The molecule has 2 N–H and O–H groups in total. The summed E-state index contributed by atoms with van der Waals surface area (Å²) in [6.07, 6.45) is 5.57. The molecular formula is C15H28N2O3. The van der Waals surface area contributed by atoms with Crippen LogP contribution < -0.4 is 5.73 Å². The Labute approximate surface area is 121 Å². The van der Waals surface area contributed by atoms with Crippen LogP contribution in [0.1, 0.15) is 39.0 Å². The van der Waals surface area contributed by atoms with Crippen LogP contribution in [0.3, 0.4) is 0 Å². The number of ether oxygens (including phenoxy) is 3. The average Bonchev–Trinajstić information content (AvgIpc) is 2.91. The second-order valence-corrected chi connectivity index (χ2v) is 6.30. The quantitative estimate of drug-likeness (QED) is 0.841. The molecule has 3 aliphatic rings. The largest absolute Gasteiger partial charge is 0.377 e. The van der Waals surface area contributed by atoms with E-state index in [-0.39, 0.29) is 11.8 Å². The van der Waals surface area contributed by atoms with Crippen molar-refractivity contribution in [2.75, 3.05) is 32.9 Å². The zero-order valence-electron chi connectivity index (χ0n) is 12.6. The van der Waals surface area contributed by atoms with Gasteiger partial charge in [-0.3, -0.25) is 4.90 Å². The highest BCUT2D eigenvalue weighted by Crippen LogP contribution is 2.38. The summed E-state index contributed by atoms with van der Waals surface area (Å²) >= 11 is 0. The lowest BCUT2D eigenvalue weighted by atomic mass is 9.84. The number of rotatable bonds is 3. The van der Waals surface area contributed by atoms with Crippen LogP contribution in [-0.4, -0.2) is 61.8 Å². The van der Waals surface area contributed by atoms with Crippen molar-refractivity contribution in [3.05, 3.63) is 0 Å². The minimum Gasteiger partial charge on any atom is -0.377 e. The van der Waals surface area contributed by atoms with E-state index >= 15 is 0 Å². The monoisotopic (exact) mass is 284 g/mol. The van der Waals surface area contributed by atoms with Gasteiger partial charge in [0.2, 0.25) is 0 Å². The molecule has 0 aromatic carbocycles. The predicted octanol–water partition coefficient (Wildman–Crippen LogP) is 1.11. The van der Waals surface area contributed by atoms with Gasteiger partial charge >= 0.3 is 0 Å². The molecule has 1 aliphatic carbocycles. The molecule has 2 saturated heterocycles. The molecule has 2 heterocycles. The highest BCUT2D eigenvalue weighted by atomic mass is 16.7. The van der Waals surface area contributed by atoms with Crippen LogP contribution in [0, 0.1) is 0 Å². The lowest BCUT2D eigenvalue weighted by Gasteiger charge is -2.47. The van der Waals surface area contributed by atoms with E-state index in [1.807, 2.05) is 0 Å². The second kappa shape index (κ2) is 6.28. The van der Waals surface area contributed by atoms with Crippen molar-refractivity contribution in [3.8, 4) is 0 Å². The molecule has 116 valence electrons. The van der Waals surface area contributed by atoms with Gasteiger partial charge in [-0.25, -0.2) is 0 Å². The first-order chi connectivity index (χ1) is 9.72. The van der Waals surface area contributed by atoms with Crippen molar-refractivity contribution in [1.82, 2.24) is 4.90 Å². The Hall–Kier alpha value is -0.200. The van der Waals surface area contributed by atoms with E-state index in [2.05, 4.69) is 11.8 Å². The maximum atomic E-state index is 6.39. The van der Waals surface area contributed by atoms with Crippen molar-refractivity contribution >= 4 is 0 Å². The van der Waals surface area contributed by atoms with Gasteiger partial charge in [0.15, 0.2) is 5.79 Å². The number of likely N-dealkylation sites (tertiary alicyclic amines) is 1. The third kappa shape index (κ3) is 3.02. The molecular weight excluding hydrogens is 256 g/mol. The summed E-state index contributed by atoms with van der Waals surface area (Å²) < 4.78 is 17.6. The van der Waals surface area contributed by atoms with E-state index < -0.39 is 0 Å². The van der Waals surface area contributed by atoms with E-state index in [0.29, 0.717) is 12.1 Å². The molecule has 1 saturated carbocycles. The molecule has 20 heavy (non-hydrogen) atoms. The summed E-state index contributed by atoms with van der Waals surface area (Å²) in [6.45, 7) is 6.44. The van der Waals surface area contributed by atoms with Crippen molar-refractivity contribution in [1.29, 1.82) is 0 Å². The van der Waals surface area contributed by atoms with Crippen molar-refractivity contribution in [2.45, 2.75) is 63.0 Å². The predicted molar refractivity (Wildman–Crippen MR) is 76.5 cm³/mol. The minimum absolute atomic E-state index is 0.230. The molecule has 3 fully saturated rings. The van der Waals surface area contributed by atoms with Crippen molar-refractivity contribution in [3.63, 3.8) is 0 Å². The molecule has 3 atom stereocenters. The zero-order chi connectivity index (χ0) is 14.0. The van der Waals surface area contributed by atoms with Gasteiger partial charge in [0.05, 0.1) is 19.3 Å². The van der Waals surface area contributed by atoms with Gasteiger partial charge in [0.25, 0.3) is 0 Å². The molecule has 1 spiro atoms. The summed E-state index contributed by atoms with van der Waals surface area (Å²) in [4.78, 5) is 2.51. The number of nitrogens with two attached hydrogens (primary N) is 1. The molecule has 0 bridgehead atoms. The van der Waals surface area contributed by atoms with Crippen LogP contribution in [-0.2, 0) is 14.2 Å². The van der Waals surface area contributed by atoms with E-state index in [1.165, 1.54) is 12.8 Å². The van der Waals surface area contributed by atoms with Crippen molar-refractivity contribution < 1.29 is 14.2 Å². The average molecular weight is 284 g/mol. The molecule has 5 nitrogen and oxygen atoms in total. The Kier molecular flexibility index (Phi) is 4.62. The maximum absolute atomic E-state index is 6.39. The Balaban J connectivity index is 1.64. The molecule has 0 aromatic heterocycles. The second-order valence-electron chi connectivity index (χ2n) is 6.30. The van der Waals surface area contributed by atoms with Gasteiger partial charge in [0.1, 0.15) is 0 Å². The van der Waals surface area contributed by atoms with E-state index in [4.69, 9.17) is 19.9 Å². The van der Waals surface area contributed by atoms with Gasteiger partial charge in [-0.1, -0.05) is 0 Å². The maximum Gasteiger partial charge on any atom is 0.170 e. The highest BCUT2D eigenvalue weighted by molar-refractivity contribution is 4.96. The lowest BCUT2D eigenvalue weighted by molar-refractivity contribution is -0.194. The van der Waals surface area contributed by atoms with E-state index in [9.17, 15) is 0 Å². The number of hydrogen-bond donors (Lipinski definition) is 1. The van der Waals surface area contributed by atoms with Crippen LogP contribution in [0.25, 0.3) is 0 Å². The molecule has 0 aromatic rings. The minimum atomic E-state index is -0.348. The van der Waals surface area contributed by atoms with Crippen LogP contribution in [0.5, 0.6) is 0 Å². The van der Waals surface area contributed by atoms with Crippen LogP contribution in [0.2, 0.25) is 0 Å². The third-order valence-electron chi connectivity index (χ3n) is 4.97. The molecule has 3 rings (SSSR count). The standard InChI is InChI=1S/C15H28N2O3/c1-2-18-12-4-3-7-17(11-12)14-10-15(6-5-13(14)16)19-8-9-20-15/h12-14H,2-11,16H2,1H3. The molecule has 5 heteroatoms. The highest BCUT2D eigenvalue weighted by Gasteiger charge is 2.46. The summed E-state index contributed by atoms with van der Waals surface area (Å²) in [5, 5.41) is 0. The van der Waals surface area contributed by atoms with Crippen LogP contribution >= 0.6 is 0 Å². The topological polar surface area (TPSA) is 57.0 Å². The fourth-order valence-electron chi connectivity index (χ4n) is 3.95. The Morgan fingerprint density at radius 2 is 2.10 bits per heavy atom. The third-order valence-corrected chi connectivity index (χ3v) is 4.97. The number of piperidine rings is 1. The molecule has 0 amide bonds. The molecule has 0 radical (unpaired) electrons. The molecule has 2 aliphatic heterocycles. The first-order valence-electron chi connectivity index (χ1n) is 8.11. The van der Waals surface area contributed by atoms with Crippen LogP contribution in [0.15, 0.2) is 0 Å². The van der Waals surface area contributed by atoms with Gasteiger partial charge in [0, 0.05) is 38.1 Å². The fourth-order valence-corrected chi connectivity index (χ4v) is 3.95. The summed E-state index contributed by atoms with van der Waals surface area (Å²) in [6, 6.07) is 0.596. The number of nitrogens with zero attached hydrogens (tertiary/aromatic N) is 1. The Morgan fingerprint density at radius 1 is 1.30 bits per heavy atom. The van der Waals surface area contributed by atoms with E-state index in [1.54, 1.807) is 0 Å². The van der Waals surface area contributed by atoms with Gasteiger partial charge in [-0.2, -0.15) is 0 Å². The first kappa shape index (κ1) is 14.7. The van der Waals surface area contributed by atoms with Crippen molar-refractivity contribution in [2.24, 2.45) is 5.73 Å². The normalized spacial score (nSPS) is 38.4. The lowest BCUT2D eigenvalue weighted by Crippen LogP contribution is -2.59. The van der Waals surface area contributed by atoms with Gasteiger partial charge < -0.3 is 19.9 Å². The van der Waals surface area contributed by atoms with Gasteiger partial charge in [-0.05, 0) is 32.7 Å². The summed E-state index contributed by atoms with van der Waals surface area (Å²) in [5.41, 5.74) is 6.39. The van der Waals surface area contributed by atoms with Crippen LogP contribution in [0.4, 0.5) is 0 Å². The number of hydrogen-bond acceptors (Lipinski definition) is 5. The Morgan fingerprint density at radius 3 is 2.85 bits per heavy atom. The van der Waals surface area contributed by atoms with Gasteiger partial charge in [-0.15, -0.1) is 0 Å².